The van der Waals surface area contributed by atoms with E-state index in [0.29, 0.717) is 0 Å². The lowest BCUT2D eigenvalue weighted by atomic mass is 10.0. The van der Waals surface area contributed by atoms with E-state index >= 15 is 0 Å². The van der Waals surface area contributed by atoms with Gasteiger partial charge in [0.25, 0.3) is 0 Å². The Balaban J connectivity index is 1.63. The Labute approximate surface area is 135 Å². The SMILES string of the molecule is Fc1cccc2c1SCCC2NCCc1ccc(Br)s1. The van der Waals surface area contributed by atoms with Crippen LogP contribution < -0.4 is 5.32 Å². The molecule has 0 radical (unpaired) electrons. The summed E-state index contributed by atoms with van der Waals surface area (Å²) in [5.74, 6) is 0.900. The Hall–Kier alpha value is -0.360. The molecule has 1 atom stereocenters. The van der Waals surface area contributed by atoms with Gasteiger partial charge in [-0.3, -0.25) is 0 Å². The molecule has 5 heteroatoms. The topological polar surface area (TPSA) is 12.0 Å². The summed E-state index contributed by atoms with van der Waals surface area (Å²) in [7, 11) is 0. The summed E-state index contributed by atoms with van der Waals surface area (Å²) >= 11 is 6.89. The van der Waals surface area contributed by atoms with E-state index in [2.05, 4.69) is 33.4 Å². The molecule has 0 fully saturated rings. The van der Waals surface area contributed by atoms with Gasteiger partial charge in [-0.15, -0.1) is 23.1 Å². The number of nitrogens with one attached hydrogen (secondary N) is 1. The summed E-state index contributed by atoms with van der Waals surface area (Å²) in [6.45, 7) is 0.929. The van der Waals surface area contributed by atoms with Gasteiger partial charge in [0, 0.05) is 22.4 Å². The quantitative estimate of drug-likeness (QED) is 0.809. The smallest absolute Gasteiger partial charge is 0.137 e. The number of thiophene rings is 1. The highest BCUT2D eigenvalue weighted by Gasteiger charge is 2.22. The van der Waals surface area contributed by atoms with Gasteiger partial charge in [-0.05, 0) is 58.3 Å². The molecule has 0 aliphatic carbocycles. The maximum absolute atomic E-state index is 13.8. The predicted molar refractivity (Wildman–Crippen MR) is 88.2 cm³/mol. The summed E-state index contributed by atoms with van der Waals surface area (Å²) in [6.07, 6.45) is 2.08. The first-order valence-corrected chi connectivity index (χ1v) is 9.22. The van der Waals surface area contributed by atoms with Crippen LogP contribution in [-0.4, -0.2) is 12.3 Å². The summed E-state index contributed by atoms with van der Waals surface area (Å²) in [6, 6.07) is 9.93. The molecule has 1 aliphatic rings. The molecule has 2 aromatic rings. The van der Waals surface area contributed by atoms with Gasteiger partial charge < -0.3 is 5.32 Å². The lowest BCUT2D eigenvalue weighted by Gasteiger charge is -2.26. The van der Waals surface area contributed by atoms with Gasteiger partial charge in [0.05, 0.1) is 3.79 Å². The maximum atomic E-state index is 13.8. The van der Waals surface area contributed by atoms with Gasteiger partial charge in [-0.25, -0.2) is 4.39 Å². The van der Waals surface area contributed by atoms with Crippen LogP contribution >= 0.6 is 39.0 Å². The van der Waals surface area contributed by atoms with Crippen molar-refractivity contribution in [3.63, 3.8) is 0 Å². The van der Waals surface area contributed by atoms with Crippen LogP contribution in [0.5, 0.6) is 0 Å². The molecule has 106 valence electrons. The molecule has 3 rings (SSSR count). The summed E-state index contributed by atoms with van der Waals surface area (Å²) in [4.78, 5) is 2.20. The van der Waals surface area contributed by atoms with E-state index in [1.54, 1.807) is 29.2 Å². The molecule has 20 heavy (non-hydrogen) atoms. The highest BCUT2D eigenvalue weighted by atomic mass is 79.9. The summed E-state index contributed by atoms with van der Waals surface area (Å²) < 4.78 is 15.0. The van der Waals surface area contributed by atoms with Crippen LogP contribution in [0.1, 0.15) is 22.9 Å². The average molecular weight is 372 g/mol. The minimum absolute atomic E-state index is 0.0822. The van der Waals surface area contributed by atoms with E-state index in [0.717, 1.165) is 35.6 Å². The van der Waals surface area contributed by atoms with Gasteiger partial charge in [0.15, 0.2) is 0 Å². The first-order chi connectivity index (χ1) is 9.74. The molecular weight excluding hydrogens is 357 g/mol. The van der Waals surface area contributed by atoms with Crippen molar-refractivity contribution in [2.75, 3.05) is 12.3 Å². The van der Waals surface area contributed by atoms with Crippen LogP contribution in [-0.2, 0) is 6.42 Å². The number of hydrogen-bond donors (Lipinski definition) is 1. The van der Waals surface area contributed by atoms with Crippen LogP contribution in [0.25, 0.3) is 0 Å². The normalized spacial score (nSPS) is 18.0. The molecule has 0 saturated carbocycles. The second-order valence-corrected chi connectivity index (χ2v) is 8.41. The summed E-state index contributed by atoms with van der Waals surface area (Å²) in [5, 5.41) is 3.57. The molecule has 1 nitrogen and oxygen atoms in total. The fraction of sp³-hybridized carbons (Fsp3) is 0.333. The van der Waals surface area contributed by atoms with E-state index in [1.165, 1.54) is 8.66 Å². The highest BCUT2D eigenvalue weighted by molar-refractivity contribution is 9.11. The molecule has 1 aliphatic heterocycles. The van der Waals surface area contributed by atoms with Gasteiger partial charge >= 0.3 is 0 Å². The predicted octanol–water partition coefficient (Wildman–Crippen LogP) is 5.02. The fourth-order valence-electron chi connectivity index (χ4n) is 2.45. The molecule has 1 unspecified atom stereocenters. The van der Waals surface area contributed by atoms with Crippen LogP contribution in [0.4, 0.5) is 4.39 Å². The molecule has 1 aromatic heterocycles. The van der Waals surface area contributed by atoms with E-state index in [-0.39, 0.29) is 11.9 Å². The Morgan fingerprint density at radius 2 is 2.20 bits per heavy atom. The van der Waals surface area contributed by atoms with Crippen LogP contribution in [0.15, 0.2) is 39.0 Å². The Morgan fingerprint density at radius 1 is 1.30 bits per heavy atom. The number of halogens is 2. The van der Waals surface area contributed by atoms with Crippen LogP contribution in [0.2, 0.25) is 0 Å². The second kappa shape index (κ2) is 6.60. The van der Waals surface area contributed by atoms with Crippen molar-refractivity contribution < 1.29 is 4.39 Å². The van der Waals surface area contributed by atoms with Crippen molar-refractivity contribution in [2.45, 2.75) is 23.8 Å². The maximum Gasteiger partial charge on any atom is 0.137 e. The Bertz CT molecular complexity index is 599. The van der Waals surface area contributed by atoms with Gasteiger partial charge in [0.1, 0.15) is 5.82 Å². The molecule has 0 saturated heterocycles. The number of hydrogen-bond acceptors (Lipinski definition) is 3. The van der Waals surface area contributed by atoms with Crippen LogP contribution in [0, 0.1) is 5.82 Å². The van der Waals surface area contributed by atoms with E-state index in [1.807, 2.05) is 12.1 Å². The third-order valence-electron chi connectivity index (χ3n) is 3.42. The van der Waals surface area contributed by atoms with Crippen molar-refractivity contribution in [1.82, 2.24) is 5.32 Å². The van der Waals surface area contributed by atoms with Crippen molar-refractivity contribution in [3.05, 3.63) is 50.4 Å². The van der Waals surface area contributed by atoms with Crippen molar-refractivity contribution >= 4 is 39.0 Å². The zero-order valence-electron chi connectivity index (χ0n) is 10.9. The molecule has 2 heterocycles. The number of rotatable bonds is 4. The third kappa shape index (κ3) is 3.27. The van der Waals surface area contributed by atoms with Gasteiger partial charge in [0.2, 0.25) is 0 Å². The molecule has 0 bridgehead atoms. The van der Waals surface area contributed by atoms with E-state index in [9.17, 15) is 4.39 Å². The molecule has 0 amide bonds. The van der Waals surface area contributed by atoms with E-state index < -0.39 is 0 Å². The number of fused-ring (bicyclic) bond motifs is 1. The van der Waals surface area contributed by atoms with Crippen molar-refractivity contribution in [1.29, 1.82) is 0 Å². The molecular formula is C15H15BrFNS2. The van der Waals surface area contributed by atoms with Gasteiger partial charge in [-0.1, -0.05) is 12.1 Å². The third-order valence-corrected chi connectivity index (χ3v) is 6.26. The number of benzene rings is 1. The fourth-order valence-corrected chi connectivity index (χ4v) is 5.08. The first kappa shape index (κ1) is 14.6. The summed E-state index contributed by atoms with van der Waals surface area (Å²) in [5.41, 5.74) is 1.12. The standard InChI is InChI=1S/C15H15BrFNS2/c16-14-5-4-10(20-14)6-8-18-13-7-9-19-15-11(13)2-1-3-12(15)17/h1-5,13,18H,6-9H2. The molecule has 1 N–H and O–H groups in total. The highest BCUT2D eigenvalue weighted by Crippen LogP contribution is 2.37. The van der Waals surface area contributed by atoms with Crippen LogP contribution in [0.3, 0.4) is 0 Å². The second-order valence-electron chi connectivity index (χ2n) is 4.76. The zero-order valence-corrected chi connectivity index (χ0v) is 14.1. The lowest BCUT2D eigenvalue weighted by molar-refractivity contribution is 0.501. The first-order valence-electron chi connectivity index (χ1n) is 6.63. The monoisotopic (exact) mass is 371 g/mol. The zero-order chi connectivity index (χ0) is 13.9. The molecule has 1 aromatic carbocycles. The van der Waals surface area contributed by atoms with Gasteiger partial charge in [-0.2, -0.15) is 0 Å². The minimum Gasteiger partial charge on any atom is -0.310 e. The average Bonchev–Trinajstić information content (AvgIpc) is 2.86. The van der Waals surface area contributed by atoms with Crippen molar-refractivity contribution in [2.24, 2.45) is 0 Å². The Kier molecular flexibility index (Phi) is 4.81. The van der Waals surface area contributed by atoms with Crippen molar-refractivity contribution in [3.8, 4) is 0 Å². The minimum atomic E-state index is -0.0822. The lowest BCUT2D eigenvalue weighted by Crippen LogP contribution is -2.26. The van der Waals surface area contributed by atoms with E-state index in [4.69, 9.17) is 0 Å². The molecule has 0 spiro atoms. The Morgan fingerprint density at radius 3 is 3.00 bits per heavy atom. The number of thioether (sulfide) groups is 1. The largest absolute Gasteiger partial charge is 0.310 e.